The minimum Gasteiger partial charge on any atom is -0.503 e. The number of hydrogen-bond donors (Lipinski definition) is 1. The number of non-ortho nitro benzene ring substituents is 1. The van der Waals surface area contributed by atoms with Gasteiger partial charge in [0.2, 0.25) is 5.78 Å². The fraction of sp³-hybridized carbons (Fsp3) is 0.0870. The third-order valence-electron chi connectivity index (χ3n) is 5.36. The molecule has 10 nitrogen and oxygen atoms in total. The predicted molar refractivity (Wildman–Crippen MR) is 115 cm³/mol. The zero-order valence-corrected chi connectivity index (χ0v) is 17.1. The molecule has 1 unspecified atom stereocenters. The smallest absolute Gasteiger partial charge is 0.295 e. The van der Waals surface area contributed by atoms with Gasteiger partial charge in [0.25, 0.3) is 11.6 Å². The van der Waals surface area contributed by atoms with Gasteiger partial charge in [-0.25, -0.2) is 0 Å². The van der Waals surface area contributed by atoms with Crippen LogP contribution in [0.5, 0.6) is 0 Å². The van der Waals surface area contributed by atoms with Crippen molar-refractivity contribution in [2.24, 2.45) is 0 Å². The van der Waals surface area contributed by atoms with E-state index >= 15 is 0 Å². The normalized spacial score (nSPS) is 16.1. The highest BCUT2D eigenvalue weighted by Gasteiger charge is 2.46. The van der Waals surface area contributed by atoms with E-state index in [-0.39, 0.29) is 28.4 Å². The van der Waals surface area contributed by atoms with E-state index in [2.05, 4.69) is 5.16 Å². The Bertz CT molecular complexity index is 1450. The number of furan rings is 1. The summed E-state index contributed by atoms with van der Waals surface area (Å²) < 4.78 is 10.7. The van der Waals surface area contributed by atoms with Gasteiger partial charge in [0.15, 0.2) is 17.3 Å². The van der Waals surface area contributed by atoms with Crippen molar-refractivity contribution in [3.05, 3.63) is 99.2 Å². The Morgan fingerprint density at radius 1 is 1.15 bits per heavy atom. The number of ketones is 1. The van der Waals surface area contributed by atoms with Crippen LogP contribution in [-0.2, 0) is 4.79 Å². The van der Waals surface area contributed by atoms with E-state index in [9.17, 15) is 24.8 Å². The number of nitro groups is 1. The van der Waals surface area contributed by atoms with Gasteiger partial charge in [0.05, 0.1) is 16.5 Å². The average Bonchev–Trinajstić information content (AvgIpc) is 3.50. The number of aliphatic hydroxyl groups excluding tert-OH is 1. The third kappa shape index (κ3) is 3.24. The van der Waals surface area contributed by atoms with E-state index in [1.54, 1.807) is 31.2 Å². The van der Waals surface area contributed by atoms with Crippen molar-refractivity contribution >= 4 is 34.2 Å². The third-order valence-corrected chi connectivity index (χ3v) is 5.36. The molecule has 0 fully saturated rings. The van der Waals surface area contributed by atoms with Gasteiger partial charge in [0.1, 0.15) is 11.3 Å². The number of fused-ring (bicyclic) bond motifs is 1. The molecule has 0 bridgehead atoms. The number of anilines is 1. The quantitative estimate of drug-likeness (QED) is 0.270. The summed E-state index contributed by atoms with van der Waals surface area (Å²) >= 11 is 0. The Morgan fingerprint density at radius 3 is 2.64 bits per heavy atom. The van der Waals surface area contributed by atoms with Crippen LogP contribution in [0.3, 0.4) is 0 Å². The van der Waals surface area contributed by atoms with Crippen molar-refractivity contribution in [2.45, 2.75) is 13.0 Å². The number of benzene rings is 2. The fourth-order valence-corrected chi connectivity index (χ4v) is 3.89. The molecular weight excluding hydrogens is 430 g/mol. The van der Waals surface area contributed by atoms with E-state index in [0.717, 1.165) is 4.90 Å². The van der Waals surface area contributed by atoms with Crippen LogP contribution in [0.4, 0.5) is 11.5 Å². The van der Waals surface area contributed by atoms with Gasteiger partial charge >= 0.3 is 0 Å². The Morgan fingerprint density at radius 2 is 1.94 bits per heavy atom. The molecule has 0 radical (unpaired) electrons. The van der Waals surface area contributed by atoms with Crippen molar-refractivity contribution in [1.29, 1.82) is 0 Å². The van der Waals surface area contributed by atoms with E-state index in [0.29, 0.717) is 16.7 Å². The zero-order valence-electron chi connectivity index (χ0n) is 17.1. The molecule has 3 heterocycles. The van der Waals surface area contributed by atoms with E-state index in [1.165, 1.54) is 36.4 Å². The molecular formula is C23H15N3O7. The standard InChI is InChI=1S/C23H15N3O7/c1-12-9-18(24-33-12)25-20(14-6-4-7-15(10-14)26(30)31)19(22(28)23(25)29)21(27)17-11-13-5-2-3-8-16(13)32-17/h2-11,20,28H,1H3. The molecule has 1 atom stereocenters. The maximum Gasteiger partial charge on any atom is 0.295 e. The number of rotatable bonds is 5. The van der Waals surface area contributed by atoms with Gasteiger partial charge < -0.3 is 14.0 Å². The molecule has 164 valence electrons. The summed E-state index contributed by atoms with van der Waals surface area (Å²) in [5.74, 6) is -2.05. The van der Waals surface area contributed by atoms with Gasteiger partial charge in [-0.3, -0.25) is 24.6 Å². The van der Waals surface area contributed by atoms with Crippen LogP contribution >= 0.6 is 0 Å². The minimum absolute atomic E-state index is 0.0490. The first-order chi connectivity index (χ1) is 15.8. The number of amides is 1. The summed E-state index contributed by atoms with van der Waals surface area (Å²) in [6, 6.07) is 14.2. The summed E-state index contributed by atoms with van der Waals surface area (Å²) in [5, 5.41) is 26.6. The lowest BCUT2D eigenvalue weighted by molar-refractivity contribution is -0.384. The number of Topliss-reactive ketones (excluding diaryl/α,β-unsaturated/α-hetero) is 1. The van der Waals surface area contributed by atoms with Crippen molar-refractivity contribution < 1.29 is 28.6 Å². The van der Waals surface area contributed by atoms with Crippen LogP contribution in [0.25, 0.3) is 11.0 Å². The molecule has 2 aromatic carbocycles. The summed E-state index contributed by atoms with van der Waals surface area (Å²) in [7, 11) is 0. The number of aromatic nitrogens is 1. The number of carbonyl (C=O) groups is 2. The second-order valence-electron chi connectivity index (χ2n) is 7.47. The molecule has 1 aliphatic heterocycles. The molecule has 2 aromatic heterocycles. The second kappa shape index (κ2) is 7.45. The van der Waals surface area contributed by atoms with Crippen molar-refractivity contribution in [1.82, 2.24) is 5.16 Å². The lowest BCUT2D eigenvalue weighted by atomic mass is 9.94. The largest absolute Gasteiger partial charge is 0.503 e. The molecule has 0 aliphatic carbocycles. The highest BCUT2D eigenvalue weighted by molar-refractivity contribution is 6.20. The molecule has 10 heteroatoms. The number of carbonyl (C=O) groups excluding carboxylic acids is 2. The Kier molecular flexibility index (Phi) is 4.56. The molecule has 1 aliphatic rings. The lowest BCUT2D eigenvalue weighted by Crippen LogP contribution is -2.31. The summed E-state index contributed by atoms with van der Waals surface area (Å²) in [5.41, 5.74) is 0.182. The topological polar surface area (TPSA) is 140 Å². The van der Waals surface area contributed by atoms with Gasteiger partial charge in [-0.1, -0.05) is 35.5 Å². The van der Waals surface area contributed by atoms with Crippen LogP contribution in [0.15, 0.2) is 80.9 Å². The highest BCUT2D eigenvalue weighted by Crippen LogP contribution is 2.42. The van der Waals surface area contributed by atoms with E-state index in [1.807, 2.05) is 0 Å². The molecule has 1 amide bonds. The van der Waals surface area contributed by atoms with Crippen LogP contribution in [0, 0.1) is 17.0 Å². The number of aliphatic hydroxyl groups is 1. The number of para-hydroxylation sites is 1. The first-order valence-electron chi connectivity index (χ1n) is 9.83. The summed E-state index contributed by atoms with van der Waals surface area (Å²) in [4.78, 5) is 38.4. The number of nitro benzene ring substituents is 1. The number of nitrogens with zero attached hydrogens (tertiary/aromatic N) is 3. The summed E-state index contributed by atoms with van der Waals surface area (Å²) in [6.45, 7) is 1.62. The Balaban J connectivity index is 1.68. The number of hydrogen-bond acceptors (Lipinski definition) is 8. The SMILES string of the molecule is Cc1cc(N2C(=O)C(O)=C(C(=O)c3cc4ccccc4o3)C2c2cccc([N+](=O)[O-])c2)no1. The Labute approximate surface area is 185 Å². The molecule has 5 rings (SSSR count). The van der Waals surface area contributed by atoms with Gasteiger partial charge in [0, 0.05) is 23.6 Å². The van der Waals surface area contributed by atoms with Crippen LogP contribution in [-0.4, -0.2) is 26.9 Å². The highest BCUT2D eigenvalue weighted by atomic mass is 16.6. The van der Waals surface area contributed by atoms with Crippen LogP contribution in [0.2, 0.25) is 0 Å². The predicted octanol–water partition coefficient (Wildman–Crippen LogP) is 4.42. The second-order valence-corrected chi connectivity index (χ2v) is 7.47. The molecule has 0 spiro atoms. The first kappa shape index (κ1) is 20.2. The van der Waals surface area contributed by atoms with Gasteiger partial charge in [-0.15, -0.1) is 0 Å². The molecule has 1 N–H and O–H groups in total. The van der Waals surface area contributed by atoms with Crippen molar-refractivity contribution in [3.8, 4) is 0 Å². The molecule has 0 saturated carbocycles. The summed E-state index contributed by atoms with van der Waals surface area (Å²) in [6.07, 6.45) is 0. The number of aryl methyl sites for hydroxylation is 1. The maximum absolute atomic E-state index is 13.5. The maximum atomic E-state index is 13.5. The van der Waals surface area contributed by atoms with Gasteiger partial charge in [-0.2, -0.15) is 0 Å². The zero-order chi connectivity index (χ0) is 23.3. The average molecular weight is 445 g/mol. The molecule has 0 saturated heterocycles. The van der Waals surface area contributed by atoms with Gasteiger partial charge in [-0.05, 0) is 24.6 Å². The minimum atomic E-state index is -1.19. The first-order valence-corrected chi connectivity index (χ1v) is 9.83. The monoisotopic (exact) mass is 445 g/mol. The van der Waals surface area contributed by atoms with E-state index in [4.69, 9.17) is 8.94 Å². The lowest BCUT2D eigenvalue weighted by Gasteiger charge is -2.24. The molecule has 33 heavy (non-hydrogen) atoms. The van der Waals surface area contributed by atoms with Crippen molar-refractivity contribution in [2.75, 3.05) is 4.90 Å². The molecule has 4 aromatic rings. The van der Waals surface area contributed by atoms with E-state index < -0.39 is 28.4 Å². The Hall–Kier alpha value is -4.73. The van der Waals surface area contributed by atoms with Crippen LogP contribution < -0.4 is 4.90 Å². The fourth-order valence-electron chi connectivity index (χ4n) is 3.89. The van der Waals surface area contributed by atoms with Crippen molar-refractivity contribution in [3.63, 3.8) is 0 Å². The van der Waals surface area contributed by atoms with Crippen LogP contribution in [0.1, 0.15) is 27.9 Å².